The van der Waals surface area contributed by atoms with E-state index in [4.69, 9.17) is 5.11 Å². The quantitative estimate of drug-likeness (QED) is 0.886. The Bertz CT molecular complexity index is 522. The largest absolute Gasteiger partial charge is 0.478 e. The van der Waals surface area contributed by atoms with Crippen LogP contribution in [-0.4, -0.2) is 35.1 Å². The topological polar surface area (TPSA) is 69.6 Å². The molecule has 108 valence electrons. The molecule has 0 bridgehead atoms. The van der Waals surface area contributed by atoms with Crippen LogP contribution in [0.4, 0.5) is 4.79 Å². The van der Waals surface area contributed by atoms with Crippen molar-refractivity contribution in [2.45, 2.75) is 32.9 Å². The third-order valence-electron chi connectivity index (χ3n) is 3.78. The van der Waals surface area contributed by atoms with Gasteiger partial charge in [-0.2, -0.15) is 0 Å². The standard InChI is InChI=1S/C15H20N2O3/c1-15(2)8-12(15)16-14(20)17(3)9-10-4-6-11(7-5-10)13(18)19/h4-7,12H,8-9H2,1-3H3,(H,16,20)(H,18,19). The predicted octanol–water partition coefficient (Wildman–Crippen LogP) is 2.32. The number of aromatic carboxylic acids is 1. The molecule has 0 aromatic heterocycles. The van der Waals surface area contributed by atoms with E-state index in [1.54, 1.807) is 36.2 Å². The molecule has 0 radical (unpaired) electrons. The zero-order valence-corrected chi connectivity index (χ0v) is 12.0. The number of carbonyl (C=O) groups excluding carboxylic acids is 1. The van der Waals surface area contributed by atoms with Crippen molar-refractivity contribution in [2.24, 2.45) is 5.41 Å². The van der Waals surface area contributed by atoms with E-state index in [9.17, 15) is 9.59 Å². The number of carboxylic acids is 1. The molecule has 1 aliphatic carbocycles. The van der Waals surface area contributed by atoms with Gasteiger partial charge < -0.3 is 15.3 Å². The maximum Gasteiger partial charge on any atom is 0.335 e. The van der Waals surface area contributed by atoms with E-state index in [0.29, 0.717) is 6.54 Å². The second-order valence-electron chi connectivity index (χ2n) is 6.05. The van der Waals surface area contributed by atoms with E-state index < -0.39 is 5.97 Å². The maximum atomic E-state index is 12.0. The summed E-state index contributed by atoms with van der Waals surface area (Å²) >= 11 is 0. The van der Waals surface area contributed by atoms with Gasteiger partial charge >= 0.3 is 12.0 Å². The molecule has 20 heavy (non-hydrogen) atoms. The number of benzene rings is 1. The van der Waals surface area contributed by atoms with E-state index in [1.807, 2.05) is 0 Å². The lowest BCUT2D eigenvalue weighted by atomic mass is 10.1. The number of rotatable bonds is 4. The third kappa shape index (κ3) is 3.29. The fourth-order valence-electron chi connectivity index (χ4n) is 2.07. The first-order valence-electron chi connectivity index (χ1n) is 6.63. The zero-order chi connectivity index (χ0) is 14.9. The van der Waals surface area contributed by atoms with E-state index in [2.05, 4.69) is 19.2 Å². The van der Waals surface area contributed by atoms with Crippen molar-refractivity contribution >= 4 is 12.0 Å². The fraction of sp³-hybridized carbons (Fsp3) is 0.467. The lowest BCUT2D eigenvalue weighted by Crippen LogP contribution is -2.39. The first kappa shape index (κ1) is 14.4. The number of nitrogens with zero attached hydrogens (tertiary/aromatic N) is 1. The summed E-state index contributed by atoms with van der Waals surface area (Å²) in [6.07, 6.45) is 1.01. The van der Waals surface area contributed by atoms with Gasteiger partial charge in [-0.25, -0.2) is 9.59 Å². The summed E-state index contributed by atoms with van der Waals surface area (Å²) in [5.41, 5.74) is 1.36. The molecule has 1 atom stereocenters. The monoisotopic (exact) mass is 276 g/mol. The van der Waals surface area contributed by atoms with E-state index >= 15 is 0 Å². The van der Waals surface area contributed by atoms with Crippen molar-refractivity contribution < 1.29 is 14.7 Å². The molecule has 1 saturated carbocycles. The zero-order valence-electron chi connectivity index (χ0n) is 12.0. The maximum absolute atomic E-state index is 12.0. The minimum Gasteiger partial charge on any atom is -0.478 e. The van der Waals surface area contributed by atoms with Crippen molar-refractivity contribution in [1.29, 1.82) is 0 Å². The number of carboxylic acid groups (broad SMARTS) is 1. The van der Waals surface area contributed by atoms with E-state index in [-0.39, 0.29) is 23.1 Å². The normalized spacial score (nSPS) is 19.2. The molecule has 0 aliphatic heterocycles. The molecule has 1 aliphatic rings. The lowest BCUT2D eigenvalue weighted by Gasteiger charge is -2.19. The fourth-order valence-corrected chi connectivity index (χ4v) is 2.07. The van der Waals surface area contributed by atoms with Gasteiger partial charge in [-0.3, -0.25) is 0 Å². The highest BCUT2D eigenvalue weighted by atomic mass is 16.4. The minimum atomic E-state index is -0.946. The Hall–Kier alpha value is -2.04. The Morgan fingerprint density at radius 1 is 1.35 bits per heavy atom. The van der Waals surface area contributed by atoms with Crippen LogP contribution in [0.3, 0.4) is 0 Å². The van der Waals surface area contributed by atoms with Crippen LogP contribution in [0, 0.1) is 5.41 Å². The van der Waals surface area contributed by atoms with Crippen LogP contribution in [0.1, 0.15) is 36.2 Å². The van der Waals surface area contributed by atoms with Crippen molar-refractivity contribution in [2.75, 3.05) is 7.05 Å². The Labute approximate surface area is 118 Å². The van der Waals surface area contributed by atoms with Crippen LogP contribution in [0.2, 0.25) is 0 Å². The predicted molar refractivity (Wildman–Crippen MR) is 75.6 cm³/mol. The second kappa shape index (κ2) is 5.15. The summed E-state index contributed by atoms with van der Waals surface area (Å²) in [6, 6.07) is 6.72. The van der Waals surface area contributed by atoms with E-state index in [1.165, 1.54) is 0 Å². The molecule has 1 aromatic rings. The van der Waals surface area contributed by atoms with Crippen LogP contribution in [0.25, 0.3) is 0 Å². The Morgan fingerprint density at radius 2 is 1.90 bits per heavy atom. The summed E-state index contributed by atoms with van der Waals surface area (Å²) in [6.45, 7) is 4.71. The van der Waals surface area contributed by atoms with Gasteiger partial charge in [0.2, 0.25) is 0 Å². The molecule has 0 heterocycles. The van der Waals surface area contributed by atoms with Crippen molar-refractivity contribution in [1.82, 2.24) is 10.2 Å². The molecular formula is C15H20N2O3. The number of hydrogen-bond acceptors (Lipinski definition) is 2. The van der Waals surface area contributed by atoms with Crippen molar-refractivity contribution in [3.05, 3.63) is 35.4 Å². The molecule has 1 fully saturated rings. The van der Waals surface area contributed by atoms with Gasteiger partial charge in [-0.05, 0) is 29.5 Å². The van der Waals surface area contributed by atoms with Gasteiger partial charge in [-0.1, -0.05) is 26.0 Å². The molecule has 5 heteroatoms. The highest BCUT2D eigenvalue weighted by Gasteiger charge is 2.46. The highest BCUT2D eigenvalue weighted by molar-refractivity contribution is 5.87. The molecule has 1 aromatic carbocycles. The average Bonchev–Trinajstić information content (AvgIpc) is 2.96. The minimum absolute atomic E-state index is 0.0945. The summed E-state index contributed by atoms with van der Waals surface area (Å²) < 4.78 is 0. The number of nitrogens with one attached hydrogen (secondary N) is 1. The Balaban J connectivity index is 1.89. The smallest absolute Gasteiger partial charge is 0.335 e. The van der Waals surface area contributed by atoms with Crippen molar-refractivity contribution in [3.8, 4) is 0 Å². The lowest BCUT2D eigenvalue weighted by molar-refractivity contribution is 0.0697. The van der Waals surface area contributed by atoms with Crippen LogP contribution in [-0.2, 0) is 6.54 Å². The van der Waals surface area contributed by atoms with Crippen LogP contribution in [0.15, 0.2) is 24.3 Å². The van der Waals surface area contributed by atoms with Gasteiger partial charge in [0, 0.05) is 19.6 Å². The van der Waals surface area contributed by atoms with E-state index in [0.717, 1.165) is 12.0 Å². The molecule has 5 nitrogen and oxygen atoms in total. The number of hydrogen-bond donors (Lipinski definition) is 2. The third-order valence-corrected chi connectivity index (χ3v) is 3.78. The van der Waals surface area contributed by atoms with Gasteiger partial charge in [0.25, 0.3) is 0 Å². The van der Waals surface area contributed by atoms with Crippen LogP contribution < -0.4 is 5.32 Å². The Kier molecular flexibility index (Phi) is 3.70. The number of amides is 2. The Morgan fingerprint density at radius 3 is 2.35 bits per heavy atom. The first-order chi connectivity index (χ1) is 9.29. The first-order valence-corrected chi connectivity index (χ1v) is 6.63. The van der Waals surface area contributed by atoms with Gasteiger partial charge in [0.15, 0.2) is 0 Å². The van der Waals surface area contributed by atoms with Gasteiger partial charge in [0.05, 0.1) is 5.56 Å². The summed E-state index contributed by atoms with van der Waals surface area (Å²) in [7, 11) is 1.73. The molecular weight excluding hydrogens is 256 g/mol. The molecule has 2 rings (SSSR count). The second-order valence-corrected chi connectivity index (χ2v) is 6.05. The molecule has 2 amide bonds. The van der Waals surface area contributed by atoms with Crippen molar-refractivity contribution in [3.63, 3.8) is 0 Å². The number of carbonyl (C=O) groups is 2. The summed E-state index contributed by atoms with van der Waals surface area (Å²) in [5.74, 6) is -0.946. The van der Waals surface area contributed by atoms with Crippen LogP contribution >= 0.6 is 0 Å². The molecule has 0 spiro atoms. The molecule has 2 N–H and O–H groups in total. The SMILES string of the molecule is CN(Cc1ccc(C(=O)O)cc1)C(=O)NC1CC1(C)C. The van der Waals surface area contributed by atoms with Gasteiger partial charge in [0.1, 0.15) is 0 Å². The number of urea groups is 1. The average molecular weight is 276 g/mol. The van der Waals surface area contributed by atoms with Gasteiger partial charge in [-0.15, -0.1) is 0 Å². The molecule has 0 saturated heterocycles. The molecule has 1 unspecified atom stereocenters. The summed E-state index contributed by atoms with van der Waals surface area (Å²) in [4.78, 5) is 24.3. The van der Waals surface area contributed by atoms with Crippen LogP contribution in [0.5, 0.6) is 0 Å². The summed E-state index contributed by atoms with van der Waals surface area (Å²) in [5, 5.41) is 11.8. The highest BCUT2D eigenvalue weighted by Crippen LogP contribution is 2.44.